The Bertz CT molecular complexity index is 1040. The zero-order valence-corrected chi connectivity index (χ0v) is 16.5. The molecule has 2 aromatic carbocycles. The molecular weight excluding hydrogens is 356 g/mol. The predicted octanol–water partition coefficient (Wildman–Crippen LogP) is 3.90. The number of rotatable bonds is 6. The van der Waals surface area contributed by atoms with Gasteiger partial charge in [-0.1, -0.05) is 18.2 Å². The first-order chi connectivity index (χ1) is 13.4. The van der Waals surface area contributed by atoms with Gasteiger partial charge in [-0.3, -0.25) is 4.79 Å². The second kappa shape index (κ2) is 8.17. The van der Waals surface area contributed by atoms with Gasteiger partial charge in [0.25, 0.3) is 5.91 Å². The molecule has 0 saturated carbocycles. The van der Waals surface area contributed by atoms with Crippen molar-refractivity contribution >= 4 is 22.6 Å². The number of fused-ring (bicyclic) bond motifs is 1. The van der Waals surface area contributed by atoms with Crippen LogP contribution in [0.3, 0.4) is 0 Å². The van der Waals surface area contributed by atoms with Crippen molar-refractivity contribution in [1.82, 2.24) is 10.3 Å². The van der Waals surface area contributed by atoms with Crippen LogP contribution in [0.4, 0.5) is 0 Å². The number of nitrogens with one attached hydrogen (secondary N) is 2. The Labute approximate surface area is 163 Å². The highest BCUT2D eigenvalue weighted by molar-refractivity contribution is 6.00. The summed E-state index contributed by atoms with van der Waals surface area (Å²) in [6.07, 6.45) is 0. The summed E-state index contributed by atoms with van der Waals surface area (Å²) in [4.78, 5) is 27.7. The number of aromatic nitrogens is 1. The molecule has 6 heteroatoms. The molecule has 0 unspecified atom stereocenters. The molecule has 146 valence electrons. The molecule has 0 spiro atoms. The van der Waals surface area contributed by atoms with Gasteiger partial charge >= 0.3 is 5.97 Å². The van der Waals surface area contributed by atoms with Crippen LogP contribution < -0.4 is 10.1 Å². The predicted molar refractivity (Wildman–Crippen MR) is 108 cm³/mol. The minimum absolute atomic E-state index is 0.258. The number of esters is 1. The van der Waals surface area contributed by atoms with Crippen LogP contribution in [0.25, 0.3) is 10.8 Å². The largest absolute Gasteiger partial charge is 0.497 e. The average molecular weight is 380 g/mol. The number of H-pyrrole nitrogens is 1. The fraction of sp³-hybridized carbons (Fsp3) is 0.273. The highest BCUT2D eigenvalue weighted by atomic mass is 16.5. The van der Waals surface area contributed by atoms with E-state index < -0.39 is 5.97 Å². The molecule has 0 atom stereocenters. The van der Waals surface area contributed by atoms with Crippen molar-refractivity contribution in [2.75, 3.05) is 13.7 Å². The summed E-state index contributed by atoms with van der Waals surface area (Å²) >= 11 is 0. The monoisotopic (exact) mass is 380 g/mol. The Morgan fingerprint density at radius 3 is 2.50 bits per heavy atom. The summed E-state index contributed by atoms with van der Waals surface area (Å²) < 4.78 is 10.3. The molecule has 28 heavy (non-hydrogen) atoms. The van der Waals surface area contributed by atoms with E-state index in [-0.39, 0.29) is 12.5 Å². The van der Waals surface area contributed by atoms with Gasteiger partial charge < -0.3 is 19.8 Å². The van der Waals surface area contributed by atoms with E-state index in [2.05, 4.69) is 10.3 Å². The molecule has 0 radical (unpaired) electrons. The molecule has 0 bridgehead atoms. The van der Waals surface area contributed by atoms with E-state index in [0.29, 0.717) is 29.1 Å². The minimum atomic E-state index is -0.419. The van der Waals surface area contributed by atoms with E-state index in [1.54, 1.807) is 27.9 Å². The van der Waals surface area contributed by atoms with Crippen molar-refractivity contribution in [2.45, 2.75) is 27.3 Å². The van der Waals surface area contributed by atoms with Gasteiger partial charge in [0.05, 0.1) is 19.3 Å². The van der Waals surface area contributed by atoms with Gasteiger partial charge in [0.2, 0.25) is 0 Å². The van der Waals surface area contributed by atoms with Crippen LogP contribution in [0.2, 0.25) is 0 Å². The maximum atomic E-state index is 12.6. The Balaban J connectivity index is 1.74. The van der Waals surface area contributed by atoms with Crippen LogP contribution in [0.5, 0.6) is 5.75 Å². The molecule has 0 aliphatic carbocycles. The molecule has 0 saturated heterocycles. The Hall–Kier alpha value is -3.28. The maximum absolute atomic E-state index is 12.6. The lowest BCUT2D eigenvalue weighted by molar-refractivity contribution is 0.0525. The van der Waals surface area contributed by atoms with Crippen LogP contribution in [0, 0.1) is 13.8 Å². The molecule has 1 aromatic heterocycles. The normalized spacial score (nSPS) is 10.7. The number of ether oxygens (including phenoxy) is 2. The maximum Gasteiger partial charge on any atom is 0.340 e. The van der Waals surface area contributed by atoms with Gasteiger partial charge in [0.15, 0.2) is 0 Å². The third-order valence-corrected chi connectivity index (χ3v) is 4.71. The standard InChI is InChI=1S/C22H24N2O4/c1-5-28-22(26)19-13(2)20(24-14(19)3)21(25)23-12-15-6-7-17-11-18(27-4)9-8-16(17)10-15/h6-11,24H,5,12H2,1-4H3,(H,23,25). The fourth-order valence-electron chi connectivity index (χ4n) is 3.27. The highest BCUT2D eigenvalue weighted by Crippen LogP contribution is 2.22. The first-order valence-corrected chi connectivity index (χ1v) is 9.15. The topological polar surface area (TPSA) is 80.4 Å². The molecule has 0 aliphatic heterocycles. The number of methoxy groups -OCH3 is 1. The van der Waals surface area contributed by atoms with Crippen molar-refractivity contribution in [3.63, 3.8) is 0 Å². The molecule has 1 amide bonds. The summed E-state index contributed by atoms with van der Waals surface area (Å²) in [5, 5.41) is 5.05. The Morgan fingerprint density at radius 1 is 1.07 bits per heavy atom. The number of amides is 1. The van der Waals surface area contributed by atoms with E-state index in [9.17, 15) is 9.59 Å². The third kappa shape index (κ3) is 3.86. The van der Waals surface area contributed by atoms with Gasteiger partial charge in [0, 0.05) is 12.2 Å². The Morgan fingerprint density at radius 2 is 1.79 bits per heavy atom. The third-order valence-electron chi connectivity index (χ3n) is 4.71. The summed E-state index contributed by atoms with van der Waals surface area (Å²) in [6, 6.07) is 11.9. The molecule has 1 heterocycles. The van der Waals surface area contributed by atoms with Gasteiger partial charge in [-0.05, 0) is 60.9 Å². The Kier molecular flexibility index (Phi) is 5.68. The fourth-order valence-corrected chi connectivity index (χ4v) is 3.27. The van der Waals surface area contributed by atoms with Crippen molar-refractivity contribution < 1.29 is 19.1 Å². The van der Waals surface area contributed by atoms with Gasteiger partial charge in [0.1, 0.15) is 11.4 Å². The number of carbonyl (C=O) groups is 2. The zero-order valence-electron chi connectivity index (χ0n) is 16.5. The van der Waals surface area contributed by atoms with Gasteiger partial charge in [-0.25, -0.2) is 4.79 Å². The molecule has 0 fully saturated rings. The zero-order chi connectivity index (χ0) is 20.3. The van der Waals surface area contributed by atoms with E-state index in [0.717, 1.165) is 22.1 Å². The lowest BCUT2D eigenvalue weighted by Crippen LogP contribution is -2.24. The summed E-state index contributed by atoms with van der Waals surface area (Å²) in [7, 11) is 1.64. The van der Waals surface area contributed by atoms with Gasteiger partial charge in [-0.2, -0.15) is 0 Å². The smallest absolute Gasteiger partial charge is 0.340 e. The number of benzene rings is 2. The number of carbonyl (C=O) groups excluding carboxylic acids is 2. The molecule has 6 nitrogen and oxygen atoms in total. The van der Waals surface area contributed by atoms with Crippen molar-refractivity contribution in [3.05, 3.63) is 64.5 Å². The second-order valence-electron chi connectivity index (χ2n) is 6.58. The molecule has 3 aromatic rings. The van der Waals surface area contributed by atoms with Crippen LogP contribution >= 0.6 is 0 Å². The second-order valence-corrected chi connectivity index (χ2v) is 6.58. The van der Waals surface area contributed by atoms with Gasteiger partial charge in [-0.15, -0.1) is 0 Å². The van der Waals surface area contributed by atoms with E-state index >= 15 is 0 Å². The SMILES string of the molecule is CCOC(=O)c1c(C)[nH]c(C(=O)NCc2ccc3cc(OC)ccc3c2)c1C. The van der Waals surface area contributed by atoms with E-state index in [4.69, 9.17) is 9.47 Å². The number of hydrogen-bond donors (Lipinski definition) is 2. The highest BCUT2D eigenvalue weighted by Gasteiger charge is 2.22. The van der Waals surface area contributed by atoms with Crippen molar-refractivity contribution in [1.29, 1.82) is 0 Å². The first kappa shape index (κ1) is 19.5. The molecule has 0 aliphatic rings. The lowest BCUT2D eigenvalue weighted by atomic mass is 10.1. The van der Waals surface area contributed by atoms with Crippen molar-refractivity contribution in [3.8, 4) is 5.75 Å². The first-order valence-electron chi connectivity index (χ1n) is 9.15. The van der Waals surface area contributed by atoms with Crippen molar-refractivity contribution in [2.24, 2.45) is 0 Å². The average Bonchev–Trinajstić information content (AvgIpc) is 2.99. The summed E-state index contributed by atoms with van der Waals surface area (Å²) in [5.74, 6) is 0.132. The summed E-state index contributed by atoms with van der Waals surface area (Å²) in [6.45, 7) is 5.93. The molecule has 3 rings (SSSR count). The van der Waals surface area contributed by atoms with E-state index in [1.807, 2.05) is 36.4 Å². The number of hydrogen-bond acceptors (Lipinski definition) is 4. The van der Waals surface area contributed by atoms with Crippen LogP contribution in [0.15, 0.2) is 36.4 Å². The number of aromatic amines is 1. The molecule has 2 N–H and O–H groups in total. The lowest BCUT2D eigenvalue weighted by Gasteiger charge is -2.08. The van der Waals surface area contributed by atoms with Crippen LogP contribution in [-0.4, -0.2) is 30.6 Å². The van der Waals surface area contributed by atoms with Crippen LogP contribution in [0.1, 0.15) is 44.6 Å². The minimum Gasteiger partial charge on any atom is -0.497 e. The van der Waals surface area contributed by atoms with E-state index in [1.165, 1.54) is 0 Å². The quantitative estimate of drug-likeness (QED) is 0.636. The molecular formula is C22H24N2O4. The number of aryl methyl sites for hydroxylation is 1. The summed E-state index contributed by atoms with van der Waals surface area (Å²) in [5.41, 5.74) is 3.01. The van der Waals surface area contributed by atoms with Crippen LogP contribution in [-0.2, 0) is 11.3 Å².